The lowest BCUT2D eigenvalue weighted by Crippen LogP contribution is -2.30. The molecule has 1 saturated heterocycles. The van der Waals surface area contributed by atoms with E-state index in [1.165, 1.54) is 38.8 Å². The van der Waals surface area contributed by atoms with Crippen molar-refractivity contribution < 1.29 is 0 Å². The van der Waals surface area contributed by atoms with E-state index in [-0.39, 0.29) is 0 Å². The molecule has 2 aliphatic rings. The second kappa shape index (κ2) is 6.83. The van der Waals surface area contributed by atoms with E-state index >= 15 is 0 Å². The van der Waals surface area contributed by atoms with Gasteiger partial charge in [-0.1, -0.05) is 32.1 Å². The number of hydrogen-bond donors (Lipinski definition) is 1. The van der Waals surface area contributed by atoms with Crippen LogP contribution in [-0.4, -0.2) is 13.1 Å². The molecular weight excluding hydrogens is 170 g/mol. The molecule has 0 aromatic heterocycles. The maximum atomic E-state index is 3.46. The van der Waals surface area contributed by atoms with Crippen LogP contribution in [0.15, 0.2) is 23.8 Å². The fourth-order valence-electron chi connectivity index (χ4n) is 2.07. The third-order valence-corrected chi connectivity index (χ3v) is 2.79. The molecule has 1 aliphatic heterocycles. The van der Waals surface area contributed by atoms with Crippen LogP contribution in [0.3, 0.4) is 0 Å². The van der Waals surface area contributed by atoms with Gasteiger partial charge in [0.25, 0.3) is 0 Å². The van der Waals surface area contributed by atoms with E-state index in [0.29, 0.717) is 0 Å². The number of allylic oxidation sites excluding steroid dienone is 3. The van der Waals surface area contributed by atoms with Gasteiger partial charge in [-0.25, -0.2) is 0 Å². The minimum Gasteiger partial charge on any atom is -0.316 e. The fourth-order valence-corrected chi connectivity index (χ4v) is 2.07. The van der Waals surface area contributed by atoms with Crippen LogP contribution in [-0.2, 0) is 0 Å². The number of rotatable bonds is 1. The first-order chi connectivity index (χ1) is 6.97. The molecule has 1 nitrogen and oxygen atoms in total. The van der Waals surface area contributed by atoms with Gasteiger partial charge in [-0.3, -0.25) is 0 Å². The fraction of sp³-hybridized carbons (Fsp3) is 0.692. The van der Waals surface area contributed by atoms with Gasteiger partial charge in [0.2, 0.25) is 0 Å². The quantitative estimate of drug-likeness (QED) is 0.674. The Kier molecular flexibility index (Phi) is 5.62. The Morgan fingerprint density at radius 2 is 2.14 bits per heavy atom. The minimum atomic E-state index is 0.801. The van der Waals surface area contributed by atoms with E-state index in [1.807, 2.05) is 13.8 Å². The molecule has 0 saturated carbocycles. The Balaban J connectivity index is 0.000000461. The standard InChI is InChI=1S/C11H17N.C2H6/c1-2-5-10(6-3-1)11-7-4-8-12-9-11;1-2/h2,5-6,11-12H,1,3-4,7-9H2;1-2H3. The summed E-state index contributed by atoms with van der Waals surface area (Å²) in [7, 11) is 0. The topological polar surface area (TPSA) is 12.0 Å². The third kappa shape index (κ3) is 3.30. The first-order valence-corrected chi connectivity index (χ1v) is 6.04. The molecule has 1 N–H and O–H groups in total. The van der Waals surface area contributed by atoms with Gasteiger partial charge >= 0.3 is 0 Å². The normalized spacial score (nSPS) is 26.1. The summed E-state index contributed by atoms with van der Waals surface area (Å²) in [6, 6.07) is 0. The zero-order valence-corrected chi connectivity index (χ0v) is 9.55. The summed E-state index contributed by atoms with van der Waals surface area (Å²) in [5.74, 6) is 0.801. The van der Waals surface area contributed by atoms with Crippen molar-refractivity contribution >= 4 is 0 Å². The second-order valence-corrected chi connectivity index (χ2v) is 3.73. The van der Waals surface area contributed by atoms with Crippen molar-refractivity contribution in [3.8, 4) is 0 Å². The van der Waals surface area contributed by atoms with E-state index in [4.69, 9.17) is 0 Å². The largest absolute Gasteiger partial charge is 0.316 e. The first kappa shape index (κ1) is 11.5. The monoisotopic (exact) mass is 193 g/mol. The van der Waals surface area contributed by atoms with E-state index in [2.05, 4.69) is 23.5 Å². The van der Waals surface area contributed by atoms with E-state index in [9.17, 15) is 0 Å². The molecule has 2 rings (SSSR count). The van der Waals surface area contributed by atoms with E-state index in [0.717, 1.165) is 5.92 Å². The van der Waals surface area contributed by atoms with Gasteiger partial charge in [-0.05, 0) is 43.7 Å². The third-order valence-electron chi connectivity index (χ3n) is 2.79. The van der Waals surface area contributed by atoms with Gasteiger partial charge in [0.1, 0.15) is 0 Å². The van der Waals surface area contributed by atoms with Crippen LogP contribution in [0.4, 0.5) is 0 Å². The Morgan fingerprint density at radius 1 is 1.29 bits per heavy atom. The maximum Gasteiger partial charge on any atom is 0.00200 e. The van der Waals surface area contributed by atoms with Crippen molar-refractivity contribution in [1.82, 2.24) is 5.32 Å². The zero-order chi connectivity index (χ0) is 10.2. The molecule has 80 valence electrons. The Labute approximate surface area is 88.3 Å². The van der Waals surface area contributed by atoms with Crippen molar-refractivity contribution in [2.24, 2.45) is 5.92 Å². The molecule has 1 unspecified atom stereocenters. The van der Waals surface area contributed by atoms with E-state index < -0.39 is 0 Å². The summed E-state index contributed by atoms with van der Waals surface area (Å²) in [6.45, 7) is 6.41. The van der Waals surface area contributed by atoms with Crippen molar-refractivity contribution in [3.05, 3.63) is 23.8 Å². The zero-order valence-electron chi connectivity index (χ0n) is 9.55. The van der Waals surface area contributed by atoms with Gasteiger partial charge in [-0.15, -0.1) is 0 Å². The molecule has 0 amide bonds. The lowest BCUT2D eigenvalue weighted by atomic mass is 9.88. The van der Waals surface area contributed by atoms with Crippen LogP contribution in [0.25, 0.3) is 0 Å². The Bertz CT molecular complexity index is 197. The highest BCUT2D eigenvalue weighted by molar-refractivity contribution is 5.25. The molecule has 0 aromatic rings. The molecule has 0 spiro atoms. The molecule has 0 bridgehead atoms. The van der Waals surface area contributed by atoms with Gasteiger partial charge in [-0.2, -0.15) is 0 Å². The molecule has 1 fully saturated rings. The van der Waals surface area contributed by atoms with Crippen molar-refractivity contribution in [1.29, 1.82) is 0 Å². The summed E-state index contributed by atoms with van der Waals surface area (Å²) in [5, 5.41) is 3.46. The van der Waals surface area contributed by atoms with Crippen LogP contribution in [0.5, 0.6) is 0 Å². The summed E-state index contributed by atoms with van der Waals surface area (Å²) >= 11 is 0. The summed E-state index contributed by atoms with van der Waals surface area (Å²) in [5.41, 5.74) is 1.58. The molecule has 14 heavy (non-hydrogen) atoms. The molecule has 0 aromatic carbocycles. The van der Waals surface area contributed by atoms with Gasteiger partial charge in [0.15, 0.2) is 0 Å². The van der Waals surface area contributed by atoms with Crippen molar-refractivity contribution in [2.75, 3.05) is 13.1 Å². The average molecular weight is 193 g/mol. The van der Waals surface area contributed by atoms with Crippen molar-refractivity contribution in [2.45, 2.75) is 39.5 Å². The Morgan fingerprint density at radius 3 is 2.71 bits per heavy atom. The van der Waals surface area contributed by atoms with Crippen LogP contribution in [0.2, 0.25) is 0 Å². The number of hydrogen-bond acceptors (Lipinski definition) is 1. The molecule has 0 radical (unpaired) electrons. The van der Waals surface area contributed by atoms with Crippen LogP contribution in [0.1, 0.15) is 39.5 Å². The smallest absolute Gasteiger partial charge is 0.00200 e. The van der Waals surface area contributed by atoms with Crippen LogP contribution >= 0.6 is 0 Å². The Hall–Kier alpha value is -0.560. The van der Waals surface area contributed by atoms with E-state index in [1.54, 1.807) is 5.57 Å². The number of nitrogens with one attached hydrogen (secondary N) is 1. The maximum absolute atomic E-state index is 3.46. The number of piperidine rings is 1. The summed E-state index contributed by atoms with van der Waals surface area (Å²) in [6.07, 6.45) is 12.3. The predicted octanol–water partition coefficient (Wildman–Crippen LogP) is 3.29. The average Bonchev–Trinajstić information content (AvgIpc) is 2.34. The SMILES string of the molecule is C1=CC(C2CCCNC2)=CCC1.CC. The second-order valence-electron chi connectivity index (χ2n) is 3.73. The lowest BCUT2D eigenvalue weighted by Gasteiger charge is -2.24. The van der Waals surface area contributed by atoms with Gasteiger partial charge < -0.3 is 5.32 Å². The van der Waals surface area contributed by atoms with Crippen molar-refractivity contribution in [3.63, 3.8) is 0 Å². The summed E-state index contributed by atoms with van der Waals surface area (Å²) < 4.78 is 0. The highest BCUT2D eigenvalue weighted by Crippen LogP contribution is 2.23. The molecule has 1 aliphatic carbocycles. The highest BCUT2D eigenvalue weighted by atomic mass is 14.9. The lowest BCUT2D eigenvalue weighted by molar-refractivity contribution is 0.426. The van der Waals surface area contributed by atoms with Gasteiger partial charge in [0.05, 0.1) is 0 Å². The minimum absolute atomic E-state index is 0.801. The molecule has 1 atom stereocenters. The molecule has 1 heterocycles. The predicted molar refractivity (Wildman–Crippen MR) is 63.4 cm³/mol. The van der Waals surface area contributed by atoms with Gasteiger partial charge in [0, 0.05) is 6.54 Å². The van der Waals surface area contributed by atoms with Crippen LogP contribution in [0, 0.1) is 5.92 Å². The first-order valence-electron chi connectivity index (χ1n) is 6.04. The highest BCUT2D eigenvalue weighted by Gasteiger charge is 2.15. The van der Waals surface area contributed by atoms with Crippen LogP contribution < -0.4 is 5.32 Å². The molecule has 1 heteroatoms. The molecular formula is C13H23N. The summed E-state index contributed by atoms with van der Waals surface area (Å²) in [4.78, 5) is 0.